The first kappa shape index (κ1) is 25.4. The van der Waals surface area contributed by atoms with Gasteiger partial charge in [-0.15, -0.1) is 0 Å². The third-order valence-electron chi connectivity index (χ3n) is 8.43. The molecule has 0 bridgehead atoms. The number of aryl methyl sites for hydroxylation is 1. The summed E-state index contributed by atoms with van der Waals surface area (Å²) < 4.78 is 0. The fourth-order valence-electron chi connectivity index (χ4n) is 6.55. The number of hydrogen-bond donors (Lipinski definition) is 1. The quantitative estimate of drug-likeness (QED) is 0.334. The van der Waals surface area contributed by atoms with Crippen molar-refractivity contribution in [3.8, 4) is 28.5 Å². The van der Waals surface area contributed by atoms with Crippen LogP contribution in [0.5, 0.6) is 0 Å². The first-order valence-electron chi connectivity index (χ1n) is 13.4. The molecular weight excluding hydrogens is 498 g/mol. The third-order valence-corrected chi connectivity index (χ3v) is 8.43. The number of aromatic carboxylic acids is 1. The Labute approximate surface area is 232 Å². The summed E-state index contributed by atoms with van der Waals surface area (Å²) >= 11 is 0. The van der Waals surface area contributed by atoms with E-state index in [1.54, 1.807) is 12.1 Å². The van der Waals surface area contributed by atoms with Gasteiger partial charge in [-0.3, -0.25) is 4.79 Å². The minimum atomic E-state index is -0.957. The minimum Gasteiger partial charge on any atom is -0.478 e. The Balaban J connectivity index is 1.57. The van der Waals surface area contributed by atoms with Gasteiger partial charge in [0.1, 0.15) is 11.9 Å². The molecule has 2 aliphatic rings. The van der Waals surface area contributed by atoms with Crippen molar-refractivity contribution < 1.29 is 14.7 Å². The van der Waals surface area contributed by atoms with E-state index in [1.807, 2.05) is 68.5 Å². The number of benzene rings is 3. The number of carboxylic acid groups (broad SMARTS) is 1. The van der Waals surface area contributed by atoms with Crippen molar-refractivity contribution >= 4 is 11.8 Å². The number of carboxylic acids is 1. The zero-order chi connectivity index (χ0) is 28.0. The van der Waals surface area contributed by atoms with Gasteiger partial charge in [0.15, 0.2) is 5.78 Å². The fraction of sp³-hybridized carbons (Fsp3) is 0.206. The van der Waals surface area contributed by atoms with Crippen LogP contribution in [0, 0.1) is 30.1 Å². The number of carbonyl (C=O) groups is 2. The lowest BCUT2D eigenvalue weighted by Gasteiger charge is -2.48. The van der Waals surface area contributed by atoms with Gasteiger partial charge in [-0.2, -0.15) is 5.26 Å². The van der Waals surface area contributed by atoms with E-state index in [4.69, 9.17) is 9.97 Å². The van der Waals surface area contributed by atoms with Gasteiger partial charge >= 0.3 is 5.97 Å². The van der Waals surface area contributed by atoms with Gasteiger partial charge < -0.3 is 5.11 Å². The van der Waals surface area contributed by atoms with E-state index in [-0.39, 0.29) is 28.8 Å². The summed E-state index contributed by atoms with van der Waals surface area (Å²) in [6.45, 7) is 3.82. The molecule has 3 atom stereocenters. The summed E-state index contributed by atoms with van der Waals surface area (Å²) in [5.41, 5.74) is 6.26. The molecule has 4 aromatic rings. The Morgan fingerprint density at radius 3 is 2.40 bits per heavy atom. The summed E-state index contributed by atoms with van der Waals surface area (Å²) in [5, 5.41) is 19.2. The first-order valence-corrected chi connectivity index (χ1v) is 13.4. The molecule has 40 heavy (non-hydrogen) atoms. The molecule has 0 amide bonds. The number of nitrogens with zero attached hydrogens (tertiary/aromatic N) is 3. The summed E-state index contributed by atoms with van der Waals surface area (Å²) in [6, 6.07) is 27.2. The zero-order valence-electron chi connectivity index (χ0n) is 22.3. The van der Waals surface area contributed by atoms with Crippen LogP contribution in [0.15, 0.2) is 90.5 Å². The normalized spacial score (nSPS) is 21.5. The van der Waals surface area contributed by atoms with Crippen molar-refractivity contribution in [3.63, 3.8) is 0 Å². The highest BCUT2D eigenvalue weighted by molar-refractivity contribution is 6.02. The lowest BCUT2D eigenvalue weighted by molar-refractivity contribution is -0.121. The Hall–Kier alpha value is -4.89. The van der Waals surface area contributed by atoms with Gasteiger partial charge in [0.2, 0.25) is 0 Å². The summed E-state index contributed by atoms with van der Waals surface area (Å²) in [6.07, 6.45) is 3.35. The second-order valence-corrected chi connectivity index (χ2v) is 10.6. The number of hydrogen-bond acceptors (Lipinski definition) is 5. The maximum atomic E-state index is 13.1. The fourth-order valence-corrected chi connectivity index (χ4v) is 6.55. The second kappa shape index (κ2) is 9.69. The number of carbonyl (C=O) groups excluding carboxylic acids is 1. The highest BCUT2D eigenvalue weighted by Crippen LogP contribution is 2.54. The van der Waals surface area contributed by atoms with Crippen LogP contribution in [-0.4, -0.2) is 26.8 Å². The minimum absolute atomic E-state index is 0.0340. The van der Waals surface area contributed by atoms with Crippen LogP contribution < -0.4 is 0 Å². The van der Waals surface area contributed by atoms with Crippen molar-refractivity contribution in [1.82, 2.24) is 9.97 Å². The van der Waals surface area contributed by atoms with Gasteiger partial charge in [0.25, 0.3) is 0 Å². The van der Waals surface area contributed by atoms with E-state index in [0.29, 0.717) is 5.82 Å². The molecule has 0 saturated heterocycles. The van der Waals surface area contributed by atoms with Crippen LogP contribution in [0.3, 0.4) is 0 Å². The molecule has 6 heteroatoms. The molecular formula is C34H27N3O3. The average molecular weight is 526 g/mol. The topological polar surface area (TPSA) is 104 Å². The lowest BCUT2D eigenvalue weighted by atomic mass is 9.54. The molecule has 2 aliphatic carbocycles. The van der Waals surface area contributed by atoms with Crippen LogP contribution in [-0.2, 0) is 16.6 Å². The number of allylic oxidation sites excluding steroid dienone is 2. The third kappa shape index (κ3) is 3.94. The Kier molecular flexibility index (Phi) is 6.15. The molecule has 1 N–H and O–H groups in total. The smallest absolute Gasteiger partial charge is 0.335 e. The highest BCUT2D eigenvalue weighted by Gasteiger charge is 2.53. The van der Waals surface area contributed by atoms with Crippen LogP contribution in [0.2, 0.25) is 0 Å². The Bertz CT molecular complexity index is 1730. The molecule has 0 unspecified atom stereocenters. The van der Waals surface area contributed by atoms with Crippen LogP contribution in [0.25, 0.3) is 22.4 Å². The van der Waals surface area contributed by atoms with Crippen LogP contribution in [0.4, 0.5) is 0 Å². The molecule has 0 fully saturated rings. The van der Waals surface area contributed by atoms with Crippen LogP contribution >= 0.6 is 0 Å². The van der Waals surface area contributed by atoms with E-state index < -0.39 is 11.4 Å². The van der Waals surface area contributed by atoms with E-state index in [0.717, 1.165) is 52.0 Å². The number of ketones is 1. The standard InChI is InChI=1S/C34H27N3O3/c1-20-29-16-15-28-30(25-8-6-7-24(17-25)22-11-13-23(14-12-22)33(39)40)36-21(2)37-32(28)34(29,18-26(19-35)31(20)38)27-9-4-3-5-10-27/h3-14,17-18,20,29H,15-16H2,1-2H3,(H,39,40)/t20-,29-,34+/m0/s1. The second-order valence-electron chi connectivity index (χ2n) is 10.6. The summed E-state index contributed by atoms with van der Waals surface area (Å²) in [4.78, 5) is 34.4. The molecule has 0 aliphatic heterocycles. The van der Waals surface area contributed by atoms with Crippen molar-refractivity contribution in [2.45, 2.75) is 32.1 Å². The lowest BCUT2D eigenvalue weighted by Crippen LogP contribution is -2.48. The molecule has 1 heterocycles. The SMILES string of the molecule is Cc1nc(-c2cccc(-c3ccc(C(=O)O)cc3)c2)c2c(n1)[C@@]1(c3ccccc3)C=C(C#N)C(=O)[C@@H](C)[C@@H]1CC2. The van der Waals surface area contributed by atoms with Gasteiger partial charge in [-0.05, 0) is 66.6 Å². The number of rotatable bonds is 4. The Morgan fingerprint density at radius 1 is 0.975 bits per heavy atom. The van der Waals surface area contributed by atoms with Crippen molar-refractivity contribution in [1.29, 1.82) is 5.26 Å². The summed E-state index contributed by atoms with van der Waals surface area (Å²) in [5.74, 6) is -0.786. The molecule has 1 aromatic heterocycles. The molecule has 3 aromatic carbocycles. The van der Waals surface area contributed by atoms with Gasteiger partial charge in [0.05, 0.1) is 27.9 Å². The van der Waals surface area contributed by atoms with Crippen molar-refractivity contribution in [3.05, 3.63) is 119 Å². The molecule has 196 valence electrons. The number of aromatic nitrogens is 2. The molecule has 0 radical (unpaired) electrons. The molecule has 0 saturated carbocycles. The van der Waals surface area contributed by atoms with Gasteiger partial charge in [-0.1, -0.05) is 67.6 Å². The van der Waals surface area contributed by atoms with Gasteiger partial charge in [-0.25, -0.2) is 14.8 Å². The van der Waals surface area contributed by atoms with E-state index >= 15 is 0 Å². The number of Topliss-reactive ketones (excluding diaryl/α,β-unsaturated/α-hetero) is 1. The van der Waals surface area contributed by atoms with E-state index in [9.17, 15) is 20.0 Å². The Morgan fingerprint density at radius 2 is 1.70 bits per heavy atom. The molecule has 6 nitrogen and oxygen atoms in total. The number of fused-ring (bicyclic) bond motifs is 3. The monoisotopic (exact) mass is 525 g/mol. The van der Waals surface area contributed by atoms with Crippen molar-refractivity contribution in [2.75, 3.05) is 0 Å². The summed E-state index contributed by atoms with van der Waals surface area (Å²) in [7, 11) is 0. The average Bonchev–Trinajstić information content (AvgIpc) is 2.99. The highest BCUT2D eigenvalue weighted by atomic mass is 16.4. The van der Waals surface area contributed by atoms with Gasteiger partial charge in [0, 0.05) is 17.0 Å². The molecule has 0 spiro atoms. The van der Waals surface area contributed by atoms with Crippen molar-refractivity contribution in [2.24, 2.45) is 11.8 Å². The van der Waals surface area contributed by atoms with E-state index in [2.05, 4.69) is 24.3 Å². The number of nitriles is 1. The zero-order valence-corrected chi connectivity index (χ0v) is 22.3. The first-order chi connectivity index (χ1) is 19.3. The maximum Gasteiger partial charge on any atom is 0.335 e. The predicted molar refractivity (Wildman–Crippen MR) is 152 cm³/mol. The predicted octanol–water partition coefficient (Wildman–Crippen LogP) is 6.33. The molecule has 6 rings (SSSR count). The largest absolute Gasteiger partial charge is 0.478 e. The van der Waals surface area contributed by atoms with E-state index in [1.165, 1.54) is 0 Å². The maximum absolute atomic E-state index is 13.1. The van der Waals surface area contributed by atoms with Crippen LogP contribution in [0.1, 0.15) is 46.3 Å².